The van der Waals surface area contributed by atoms with Crippen LogP contribution in [0.25, 0.3) is 0 Å². The first-order valence-electron chi connectivity index (χ1n) is 11.4. The first kappa shape index (κ1) is 21.5. The van der Waals surface area contributed by atoms with E-state index < -0.39 is 0 Å². The second-order valence-corrected chi connectivity index (χ2v) is 8.59. The van der Waals surface area contributed by atoms with E-state index in [0.717, 1.165) is 70.9 Å². The molecule has 0 radical (unpaired) electrons. The van der Waals surface area contributed by atoms with Gasteiger partial charge in [0.1, 0.15) is 5.75 Å². The molecule has 1 atom stereocenters. The number of urea groups is 1. The predicted molar refractivity (Wildman–Crippen MR) is 125 cm³/mol. The van der Waals surface area contributed by atoms with Crippen LogP contribution in [0, 0.1) is 5.92 Å². The fourth-order valence-electron chi connectivity index (χ4n) is 4.56. The molecule has 6 nitrogen and oxygen atoms in total. The maximum atomic E-state index is 12.8. The Kier molecular flexibility index (Phi) is 7.30. The van der Waals surface area contributed by atoms with E-state index >= 15 is 0 Å². The lowest BCUT2D eigenvalue weighted by atomic mass is 10.1. The smallest absolute Gasteiger partial charge is 0.317 e. The molecule has 2 fully saturated rings. The zero-order chi connectivity index (χ0) is 21.5. The van der Waals surface area contributed by atoms with Crippen molar-refractivity contribution in [2.45, 2.75) is 19.4 Å². The highest BCUT2D eigenvalue weighted by Gasteiger charge is 2.25. The van der Waals surface area contributed by atoms with Gasteiger partial charge in [0.2, 0.25) is 0 Å². The number of rotatable bonds is 6. The first-order valence-corrected chi connectivity index (χ1v) is 11.4. The number of amides is 2. The Morgan fingerprint density at radius 1 is 1.03 bits per heavy atom. The molecule has 0 aliphatic carbocycles. The summed E-state index contributed by atoms with van der Waals surface area (Å²) in [6.45, 7) is 7.27. The average molecular weight is 423 g/mol. The molecule has 0 bridgehead atoms. The lowest BCUT2D eigenvalue weighted by Gasteiger charge is -2.23. The van der Waals surface area contributed by atoms with E-state index in [9.17, 15) is 4.79 Å². The molecule has 0 saturated carbocycles. The minimum atomic E-state index is 0.0846. The van der Waals surface area contributed by atoms with Gasteiger partial charge < -0.3 is 19.9 Å². The summed E-state index contributed by atoms with van der Waals surface area (Å²) in [7, 11) is 1.70. The van der Waals surface area contributed by atoms with Crippen molar-refractivity contribution in [3.63, 3.8) is 0 Å². The monoisotopic (exact) mass is 422 g/mol. The number of anilines is 1. The third-order valence-electron chi connectivity index (χ3n) is 6.37. The van der Waals surface area contributed by atoms with Crippen LogP contribution in [-0.2, 0) is 6.54 Å². The molecule has 0 aromatic heterocycles. The Hall–Kier alpha value is -2.73. The van der Waals surface area contributed by atoms with Crippen molar-refractivity contribution in [1.29, 1.82) is 0 Å². The maximum absolute atomic E-state index is 12.8. The van der Waals surface area contributed by atoms with Crippen molar-refractivity contribution in [3.8, 4) is 5.75 Å². The van der Waals surface area contributed by atoms with Gasteiger partial charge in [0.25, 0.3) is 0 Å². The number of hydrogen-bond donors (Lipinski definition) is 1. The van der Waals surface area contributed by atoms with E-state index in [1.54, 1.807) is 7.11 Å². The largest absolute Gasteiger partial charge is 0.497 e. The van der Waals surface area contributed by atoms with Crippen molar-refractivity contribution in [2.24, 2.45) is 5.92 Å². The Labute approximate surface area is 185 Å². The van der Waals surface area contributed by atoms with Gasteiger partial charge in [-0.3, -0.25) is 4.90 Å². The highest BCUT2D eigenvalue weighted by atomic mass is 16.5. The second-order valence-electron chi connectivity index (χ2n) is 8.59. The van der Waals surface area contributed by atoms with Crippen LogP contribution in [0.4, 0.5) is 10.5 Å². The molecule has 31 heavy (non-hydrogen) atoms. The highest BCUT2D eigenvalue weighted by Crippen LogP contribution is 2.26. The SMILES string of the molecule is COc1cccc(N2CCC(CNC(=O)N3CCCN(Cc4ccccc4)CC3)C2)c1. The Morgan fingerprint density at radius 3 is 2.74 bits per heavy atom. The van der Waals surface area contributed by atoms with E-state index in [0.29, 0.717) is 5.92 Å². The van der Waals surface area contributed by atoms with Gasteiger partial charge in [-0.25, -0.2) is 4.79 Å². The lowest BCUT2D eigenvalue weighted by Crippen LogP contribution is -2.43. The number of hydrogen-bond acceptors (Lipinski definition) is 4. The van der Waals surface area contributed by atoms with Crippen LogP contribution in [0.3, 0.4) is 0 Å². The summed E-state index contributed by atoms with van der Waals surface area (Å²) in [5.41, 5.74) is 2.53. The molecular weight excluding hydrogens is 388 g/mol. The standard InChI is InChI=1S/C25H34N4O2/c1-31-24-10-5-9-23(17-24)29-14-11-22(20-29)18-26-25(30)28-13-6-12-27(15-16-28)19-21-7-3-2-4-8-21/h2-5,7-10,17,22H,6,11-16,18-20H2,1H3,(H,26,30). The van der Waals surface area contributed by atoms with Gasteiger partial charge in [-0.2, -0.15) is 0 Å². The minimum Gasteiger partial charge on any atom is -0.497 e. The van der Waals surface area contributed by atoms with Crippen LogP contribution in [0.2, 0.25) is 0 Å². The number of nitrogens with one attached hydrogen (secondary N) is 1. The van der Waals surface area contributed by atoms with E-state index in [2.05, 4.69) is 57.6 Å². The molecule has 2 aromatic carbocycles. The maximum Gasteiger partial charge on any atom is 0.317 e. The number of benzene rings is 2. The molecule has 1 N–H and O–H groups in total. The molecule has 6 heteroatoms. The van der Waals surface area contributed by atoms with E-state index in [4.69, 9.17) is 4.74 Å². The molecule has 2 amide bonds. The number of carbonyl (C=O) groups is 1. The summed E-state index contributed by atoms with van der Waals surface area (Å²) in [4.78, 5) is 19.6. The number of carbonyl (C=O) groups excluding carboxylic acids is 1. The van der Waals surface area contributed by atoms with Gasteiger partial charge in [0.15, 0.2) is 0 Å². The van der Waals surface area contributed by atoms with Crippen LogP contribution in [0.15, 0.2) is 54.6 Å². The highest BCUT2D eigenvalue weighted by molar-refractivity contribution is 5.74. The topological polar surface area (TPSA) is 48.1 Å². The van der Waals surface area contributed by atoms with Crippen molar-refractivity contribution < 1.29 is 9.53 Å². The molecule has 2 aliphatic heterocycles. The summed E-state index contributed by atoms with van der Waals surface area (Å²) in [6, 6.07) is 18.9. The fourth-order valence-corrected chi connectivity index (χ4v) is 4.56. The molecular formula is C25H34N4O2. The van der Waals surface area contributed by atoms with Gasteiger partial charge >= 0.3 is 6.03 Å². The van der Waals surface area contributed by atoms with Gasteiger partial charge in [-0.15, -0.1) is 0 Å². The minimum absolute atomic E-state index is 0.0846. The van der Waals surface area contributed by atoms with Crippen LogP contribution in [-0.4, -0.2) is 68.8 Å². The zero-order valence-corrected chi connectivity index (χ0v) is 18.5. The van der Waals surface area contributed by atoms with Crippen molar-refractivity contribution in [1.82, 2.24) is 15.1 Å². The summed E-state index contributed by atoms with van der Waals surface area (Å²) < 4.78 is 5.35. The number of ether oxygens (including phenoxy) is 1. The van der Waals surface area contributed by atoms with Gasteiger partial charge in [0.05, 0.1) is 7.11 Å². The van der Waals surface area contributed by atoms with E-state index in [1.807, 2.05) is 17.0 Å². The van der Waals surface area contributed by atoms with Crippen LogP contribution < -0.4 is 15.0 Å². The summed E-state index contributed by atoms with van der Waals surface area (Å²) >= 11 is 0. The second kappa shape index (κ2) is 10.5. The van der Waals surface area contributed by atoms with Gasteiger partial charge in [-0.1, -0.05) is 36.4 Å². The summed E-state index contributed by atoms with van der Waals surface area (Å²) in [5, 5.41) is 3.20. The molecule has 0 spiro atoms. The fraction of sp³-hybridized carbons (Fsp3) is 0.480. The molecule has 4 rings (SSSR count). The van der Waals surface area contributed by atoms with Crippen LogP contribution in [0.5, 0.6) is 5.75 Å². The molecule has 1 unspecified atom stereocenters. The number of methoxy groups -OCH3 is 1. The average Bonchev–Trinajstić information content (AvgIpc) is 3.17. The molecule has 2 aliphatic rings. The van der Waals surface area contributed by atoms with Gasteiger partial charge in [-0.05, 0) is 36.5 Å². The van der Waals surface area contributed by atoms with Gasteiger partial charge in [0, 0.05) is 64.1 Å². The molecule has 2 saturated heterocycles. The summed E-state index contributed by atoms with van der Waals surface area (Å²) in [6.07, 6.45) is 2.12. The Balaban J connectivity index is 1.21. The van der Waals surface area contributed by atoms with E-state index in [1.165, 1.54) is 11.3 Å². The first-order chi connectivity index (χ1) is 15.2. The molecule has 2 heterocycles. The molecule has 2 aromatic rings. The Morgan fingerprint density at radius 2 is 1.90 bits per heavy atom. The quantitative estimate of drug-likeness (QED) is 0.775. The van der Waals surface area contributed by atoms with E-state index in [-0.39, 0.29) is 6.03 Å². The van der Waals surface area contributed by atoms with Crippen LogP contribution >= 0.6 is 0 Å². The zero-order valence-electron chi connectivity index (χ0n) is 18.5. The summed E-state index contributed by atoms with van der Waals surface area (Å²) in [5.74, 6) is 1.37. The lowest BCUT2D eigenvalue weighted by molar-refractivity contribution is 0.196. The number of nitrogens with zero attached hydrogens (tertiary/aromatic N) is 3. The van der Waals surface area contributed by atoms with Crippen LogP contribution in [0.1, 0.15) is 18.4 Å². The predicted octanol–water partition coefficient (Wildman–Crippen LogP) is 3.44. The van der Waals surface area contributed by atoms with Crippen molar-refractivity contribution in [3.05, 3.63) is 60.2 Å². The molecule has 166 valence electrons. The Bertz CT molecular complexity index is 844. The third kappa shape index (κ3) is 5.91. The normalized spacial score (nSPS) is 19.8. The van der Waals surface area contributed by atoms with Crippen molar-refractivity contribution >= 4 is 11.7 Å². The van der Waals surface area contributed by atoms with Crippen molar-refractivity contribution in [2.75, 3.05) is 57.8 Å². The third-order valence-corrected chi connectivity index (χ3v) is 6.37.